The molecule has 0 atom stereocenters. The van der Waals surface area contributed by atoms with Gasteiger partial charge in [0.2, 0.25) is 0 Å². The molecule has 0 saturated carbocycles. The van der Waals surface area contributed by atoms with Crippen molar-refractivity contribution in [1.82, 2.24) is 0 Å². The van der Waals surface area contributed by atoms with Crippen LogP contribution in [0.5, 0.6) is 5.75 Å². The third-order valence-corrected chi connectivity index (χ3v) is 3.75. The zero-order valence-corrected chi connectivity index (χ0v) is 11.9. The zero-order valence-electron chi connectivity index (χ0n) is 11.1. The molecule has 0 aliphatic heterocycles. The summed E-state index contributed by atoms with van der Waals surface area (Å²) in [5, 5.41) is 0. The Labute approximate surface area is 118 Å². The van der Waals surface area contributed by atoms with Crippen LogP contribution in [0.2, 0.25) is 0 Å². The molecule has 2 aromatic carbocycles. The minimum absolute atomic E-state index is 0.255. The molecule has 2 aromatic rings. The van der Waals surface area contributed by atoms with Crippen molar-refractivity contribution in [2.45, 2.75) is 6.42 Å². The Kier molecular flexibility index (Phi) is 4.42. The molecule has 5 heteroatoms. The molecule has 1 N–H and O–H groups in total. The number of rotatable bonds is 5. The summed E-state index contributed by atoms with van der Waals surface area (Å²) < 4.78 is 35.2. The van der Waals surface area contributed by atoms with Crippen LogP contribution in [-0.2, 0) is 16.5 Å². The lowest BCUT2D eigenvalue weighted by Gasteiger charge is -2.05. The van der Waals surface area contributed by atoms with Crippen molar-refractivity contribution >= 4 is 10.1 Å². The minimum atomic E-state index is -3.91. The molecule has 0 amide bonds. The highest BCUT2D eigenvalue weighted by Crippen LogP contribution is 2.22. The molecule has 4 nitrogen and oxygen atoms in total. The van der Waals surface area contributed by atoms with E-state index in [-0.39, 0.29) is 5.75 Å². The van der Waals surface area contributed by atoms with Gasteiger partial charge in [-0.05, 0) is 35.2 Å². The predicted octanol–water partition coefficient (Wildman–Crippen LogP) is 2.79. The first-order valence-electron chi connectivity index (χ1n) is 6.16. The van der Waals surface area contributed by atoms with Gasteiger partial charge in [0.05, 0.1) is 12.9 Å². The molecular weight excluding hydrogens is 276 g/mol. The highest BCUT2D eigenvalue weighted by Gasteiger charge is 2.05. The fourth-order valence-electron chi connectivity index (χ4n) is 1.89. The molecule has 0 fully saturated rings. The Morgan fingerprint density at radius 3 is 1.90 bits per heavy atom. The summed E-state index contributed by atoms with van der Waals surface area (Å²) in [6.07, 6.45) is 0.307. The highest BCUT2D eigenvalue weighted by atomic mass is 32.2. The lowest BCUT2D eigenvalue weighted by atomic mass is 10.0. The topological polar surface area (TPSA) is 63.6 Å². The van der Waals surface area contributed by atoms with Gasteiger partial charge in [-0.25, -0.2) is 0 Å². The van der Waals surface area contributed by atoms with Crippen molar-refractivity contribution in [3.63, 3.8) is 0 Å². The van der Waals surface area contributed by atoms with Crippen LogP contribution in [0.3, 0.4) is 0 Å². The molecule has 20 heavy (non-hydrogen) atoms. The summed E-state index contributed by atoms with van der Waals surface area (Å²) in [6, 6.07) is 15.3. The maximum absolute atomic E-state index is 10.7. The second kappa shape index (κ2) is 6.07. The molecule has 106 valence electrons. The van der Waals surface area contributed by atoms with E-state index >= 15 is 0 Å². The second-order valence-electron chi connectivity index (χ2n) is 4.46. The Morgan fingerprint density at radius 1 is 0.950 bits per heavy atom. The zero-order chi connectivity index (χ0) is 14.6. The number of hydrogen-bond donors (Lipinski definition) is 1. The molecule has 2 rings (SSSR count). The summed E-state index contributed by atoms with van der Waals surface area (Å²) >= 11 is 0. The van der Waals surface area contributed by atoms with Crippen LogP contribution in [0.25, 0.3) is 11.1 Å². The monoisotopic (exact) mass is 292 g/mol. The maximum atomic E-state index is 10.7. The fraction of sp³-hybridized carbons (Fsp3) is 0.200. The number of benzene rings is 2. The van der Waals surface area contributed by atoms with Gasteiger partial charge in [0.25, 0.3) is 10.1 Å². The summed E-state index contributed by atoms with van der Waals surface area (Å²) in [6.45, 7) is 0. The normalized spacial score (nSPS) is 11.3. The van der Waals surface area contributed by atoms with Gasteiger partial charge in [-0.1, -0.05) is 36.4 Å². The van der Waals surface area contributed by atoms with Gasteiger partial charge in [-0.2, -0.15) is 8.42 Å². The lowest BCUT2D eigenvalue weighted by Crippen LogP contribution is -2.06. The van der Waals surface area contributed by atoms with Crippen molar-refractivity contribution < 1.29 is 17.7 Å². The van der Waals surface area contributed by atoms with Crippen LogP contribution in [0.15, 0.2) is 48.5 Å². The van der Waals surface area contributed by atoms with E-state index in [9.17, 15) is 8.42 Å². The SMILES string of the molecule is COc1ccc(-c2ccc(CCS(=O)(=O)O)cc2)cc1. The van der Waals surface area contributed by atoms with E-state index in [4.69, 9.17) is 9.29 Å². The number of methoxy groups -OCH3 is 1. The summed E-state index contributed by atoms with van der Waals surface area (Å²) in [7, 11) is -2.28. The van der Waals surface area contributed by atoms with Gasteiger partial charge in [0.1, 0.15) is 5.75 Å². The van der Waals surface area contributed by atoms with E-state index in [1.165, 1.54) is 0 Å². The van der Waals surface area contributed by atoms with Crippen LogP contribution >= 0.6 is 0 Å². The second-order valence-corrected chi connectivity index (χ2v) is 6.03. The smallest absolute Gasteiger partial charge is 0.265 e. The summed E-state index contributed by atoms with van der Waals surface area (Å²) in [4.78, 5) is 0. The van der Waals surface area contributed by atoms with Crippen molar-refractivity contribution in [3.8, 4) is 16.9 Å². The molecule has 0 bridgehead atoms. The van der Waals surface area contributed by atoms with Gasteiger partial charge in [-0.3, -0.25) is 4.55 Å². The van der Waals surface area contributed by atoms with Crippen LogP contribution in [0.4, 0.5) is 0 Å². The van der Waals surface area contributed by atoms with E-state index in [1.54, 1.807) is 7.11 Å². The van der Waals surface area contributed by atoms with Gasteiger partial charge >= 0.3 is 0 Å². The standard InChI is InChI=1S/C15H16O4S/c1-19-15-8-6-14(7-9-15)13-4-2-12(3-5-13)10-11-20(16,17)18/h2-9H,10-11H2,1H3,(H,16,17,18). The van der Waals surface area contributed by atoms with Gasteiger partial charge < -0.3 is 4.74 Å². The number of aryl methyl sites for hydroxylation is 1. The Morgan fingerprint density at radius 2 is 1.45 bits per heavy atom. The molecule has 0 radical (unpaired) electrons. The van der Waals surface area contributed by atoms with Crippen LogP contribution in [0.1, 0.15) is 5.56 Å². The molecule has 0 saturated heterocycles. The highest BCUT2D eigenvalue weighted by molar-refractivity contribution is 7.85. The average Bonchev–Trinajstić information content (AvgIpc) is 2.45. The summed E-state index contributed by atoms with van der Waals surface area (Å²) in [5.74, 6) is 0.549. The molecule has 0 heterocycles. The van der Waals surface area contributed by atoms with Crippen LogP contribution in [-0.4, -0.2) is 25.8 Å². The molecule has 0 aliphatic carbocycles. The first kappa shape index (κ1) is 14.6. The van der Waals surface area contributed by atoms with E-state index in [0.29, 0.717) is 6.42 Å². The van der Waals surface area contributed by atoms with Crippen LogP contribution < -0.4 is 4.74 Å². The number of hydrogen-bond acceptors (Lipinski definition) is 3. The fourth-order valence-corrected chi connectivity index (χ4v) is 2.39. The largest absolute Gasteiger partial charge is 0.497 e. The Hall–Kier alpha value is -1.85. The molecule has 0 aromatic heterocycles. The third-order valence-electron chi connectivity index (χ3n) is 3.03. The van der Waals surface area contributed by atoms with Crippen molar-refractivity contribution in [2.75, 3.05) is 12.9 Å². The predicted molar refractivity (Wildman–Crippen MR) is 78.5 cm³/mol. The van der Waals surface area contributed by atoms with Crippen molar-refractivity contribution in [1.29, 1.82) is 0 Å². The Bertz CT molecular complexity index is 658. The molecule has 0 unspecified atom stereocenters. The minimum Gasteiger partial charge on any atom is -0.497 e. The van der Waals surface area contributed by atoms with E-state index in [0.717, 1.165) is 22.4 Å². The van der Waals surface area contributed by atoms with Crippen molar-refractivity contribution in [2.24, 2.45) is 0 Å². The third kappa shape index (κ3) is 4.08. The summed E-state index contributed by atoms with van der Waals surface area (Å²) in [5.41, 5.74) is 2.98. The molecule has 0 spiro atoms. The molecule has 0 aliphatic rings. The van der Waals surface area contributed by atoms with Gasteiger partial charge in [0, 0.05) is 0 Å². The van der Waals surface area contributed by atoms with Crippen molar-refractivity contribution in [3.05, 3.63) is 54.1 Å². The quantitative estimate of drug-likeness (QED) is 0.861. The van der Waals surface area contributed by atoms with E-state index in [2.05, 4.69) is 0 Å². The first-order valence-corrected chi connectivity index (χ1v) is 7.77. The van der Waals surface area contributed by atoms with E-state index in [1.807, 2.05) is 48.5 Å². The lowest BCUT2D eigenvalue weighted by molar-refractivity contribution is 0.415. The van der Waals surface area contributed by atoms with E-state index < -0.39 is 10.1 Å². The van der Waals surface area contributed by atoms with Gasteiger partial charge in [-0.15, -0.1) is 0 Å². The Balaban J connectivity index is 2.10. The average molecular weight is 292 g/mol. The number of ether oxygens (including phenoxy) is 1. The van der Waals surface area contributed by atoms with Gasteiger partial charge in [0.15, 0.2) is 0 Å². The van der Waals surface area contributed by atoms with Crippen LogP contribution in [0, 0.1) is 0 Å². The molecular formula is C15H16O4S. The first-order chi connectivity index (χ1) is 9.48. The maximum Gasteiger partial charge on any atom is 0.265 e.